The van der Waals surface area contributed by atoms with Gasteiger partial charge in [-0.05, 0) is 28.1 Å². The number of halogens is 1. The number of nitrogens with zero attached hydrogens (tertiary/aromatic N) is 4. The Balaban J connectivity index is 1.63. The first-order valence-corrected chi connectivity index (χ1v) is 9.92. The zero-order chi connectivity index (χ0) is 20.4. The maximum absolute atomic E-state index is 11.1. The summed E-state index contributed by atoms with van der Waals surface area (Å²) in [6.45, 7) is 0.463. The molecular weight excluding hydrogens is 468 g/mol. The van der Waals surface area contributed by atoms with Crippen LogP contribution in [-0.4, -0.2) is 50.6 Å². The number of fused-ring (bicyclic) bond motifs is 2. The second kappa shape index (κ2) is 8.41. The Morgan fingerprint density at radius 1 is 1.38 bits per heavy atom. The predicted molar refractivity (Wildman–Crippen MR) is 105 cm³/mol. The number of rotatable bonds is 7. The Morgan fingerprint density at radius 3 is 2.97 bits per heavy atom. The molecule has 2 aromatic heterocycles. The van der Waals surface area contributed by atoms with E-state index in [1.54, 1.807) is 0 Å². The molecular formula is C16H15BrN6O5S. The molecule has 0 spiro atoms. The predicted octanol–water partition coefficient (Wildman–Crippen LogP) is 1.57. The number of hydrogen-bond acceptors (Lipinski definition) is 10. The summed E-state index contributed by atoms with van der Waals surface area (Å²) in [6.07, 6.45) is 1.36. The summed E-state index contributed by atoms with van der Waals surface area (Å²) in [4.78, 5) is 24.8. The van der Waals surface area contributed by atoms with Crippen molar-refractivity contribution in [2.24, 2.45) is 0 Å². The Hall–Kier alpha value is -2.61. The average molecular weight is 483 g/mol. The number of benzene rings is 1. The molecule has 0 atom stereocenters. The van der Waals surface area contributed by atoms with Crippen molar-refractivity contribution in [1.82, 2.24) is 25.0 Å². The van der Waals surface area contributed by atoms with E-state index in [1.165, 1.54) is 23.6 Å². The highest BCUT2D eigenvalue weighted by Crippen LogP contribution is 2.43. The Labute approximate surface area is 176 Å². The van der Waals surface area contributed by atoms with Crippen molar-refractivity contribution < 1.29 is 24.2 Å². The van der Waals surface area contributed by atoms with Crippen LogP contribution in [0.3, 0.4) is 0 Å². The average Bonchev–Trinajstić information content (AvgIpc) is 3.30. The van der Waals surface area contributed by atoms with E-state index < -0.39 is 5.91 Å². The number of hydrogen-bond donors (Lipinski definition) is 3. The van der Waals surface area contributed by atoms with Gasteiger partial charge in [0.05, 0.1) is 13.2 Å². The third-order valence-electron chi connectivity index (χ3n) is 3.97. The quantitative estimate of drug-likeness (QED) is 0.257. The van der Waals surface area contributed by atoms with Gasteiger partial charge in [-0.1, -0.05) is 11.8 Å². The molecule has 0 radical (unpaired) electrons. The normalized spacial score (nSPS) is 12.5. The van der Waals surface area contributed by atoms with Gasteiger partial charge in [-0.15, -0.1) is 0 Å². The highest BCUT2D eigenvalue weighted by molar-refractivity contribution is 9.10. The summed E-state index contributed by atoms with van der Waals surface area (Å²) in [5, 5.41) is 9.15. The molecule has 3 heterocycles. The lowest BCUT2D eigenvalue weighted by Gasteiger charge is -2.10. The number of nitrogen functional groups attached to an aromatic ring is 1. The first-order valence-electron chi connectivity index (χ1n) is 8.31. The second-order valence-corrected chi connectivity index (χ2v) is 7.67. The van der Waals surface area contributed by atoms with E-state index in [-0.39, 0.29) is 25.8 Å². The number of nitrogens with two attached hydrogens (primary N) is 1. The van der Waals surface area contributed by atoms with E-state index in [4.69, 9.17) is 25.2 Å². The highest BCUT2D eigenvalue weighted by atomic mass is 79.9. The van der Waals surface area contributed by atoms with Gasteiger partial charge in [0.25, 0.3) is 5.91 Å². The van der Waals surface area contributed by atoms with Crippen molar-refractivity contribution in [2.75, 3.05) is 25.7 Å². The third kappa shape index (κ3) is 4.07. The van der Waals surface area contributed by atoms with E-state index >= 15 is 0 Å². The van der Waals surface area contributed by atoms with Crippen LogP contribution in [0.15, 0.2) is 33.0 Å². The third-order valence-corrected chi connectivity index (χ3v) is 5.94. The summed E-state index contributed by atoms with van der Waals surface area (Å²) in [5.41, 5.74) is 8.49. The van der Waals surface area contributed by atoms with Crippen LogP contribution < -0.4 is 20.7 Å². The van der Waals surface area contributed by atoms with Crippen LogP contribution in [0, 0.1) is 0 Å². The number of ether oxygens (including phenoxy) is 3. The molecule has 0 fully saturated rings. The van der Waals surface area contributed by atoms with Gasteiger partial charge < -0.3 is 24.5 Å². The van der Waals surface area contributed by atoms with Crippen LogP contribution in [-0.2, 0) is 16.1 Å². The van der Waals surface area contributed by atoms with Crippen LogP contribution in [0.25, 0.3) is 11.2 Å². The number of carbonyl (C=O) groups excluding carboxylic acids is 1. The molecule has 1 aliphatic rings. The maximum atomic E-state index is 11.1. The first-order chi connectivity index (χ1) is 14.1. The number of aromatic nitrogens is 4. The molecule has 1 aromatic carbocycles. The Bertz CT molecular complexity index is 1080. The van der Waals surface area contributed by atoms with Gasteiger partial charge >= 0.3 is 0 Å². The molecule has 152 valence electrons. The topological polar surface area (TPSA) is 147 Å². The van der Waals surface area contributed by atoms with E-state index in [0.29, 0.717) is 34.4 Å². The lowest BCUT2D eigenvalue weighted by molar-refractivity contribution is -0.134. The van der Waals surface area contributed by atoms with E-state index in [9.17, 15) is 4.79 Å². The lowest BCUT2D eigenvalue weighted by Crippen LogP contribution is -2.24. The molecule has 11 nitrogen and oxygen atoms in total. The molecule has 1 amide bonds. The molecule has 4 N–H and O–H groups in total. The molecule has 0 aliphatic carbocycles. The Morgan fingerprint density at radius 2 is 2.17 bits per heavy atom. The molecule has 4 rings (SSSR count). The zero-order valence-corrected chi connectivity index (χ0v) is 17.2. The Kier molecular flexibility index (Phi) is 5.71. The maximum Gasteiger partial charge on any atom is 0.269 e. The van der Waals surface area contributed by atoms with Crippen molar-refractivity contribution in [1.29, 1.82) is 0 Å². The molecule has 1 aliphatic heterocycles. The van der Waals surface area contributed by atoms with Gasteiger partial charge in [-0.25, -0.2) is 20.4 Å². The summed E-state index contributed by atoms with van der Waals surface area (Å²) in [6, 6.07) is 3.69. The molecule has 13 heteroatoms. The van der Waals surface area contributed by atoms with E-state index in [0.717, 1.165) is 9.37 Å². The van der Waals surface area contributed by atoms with Gasteiger partial charge in [0, 0.05) is 9.37 Å². The molecule has 0 saturated carbocycles. The fourth-order valence-corrected chi connectivity index (χ4v) is 4.15. The van der Waals surface area contributed by atoms with E-state index in [2.05, 4.69) is 30.9 Å². The number of hydroxylamine groups is 1. The van der Waals surface area contributed by atoms with Gasteiger partial charge in [-0.3, -0.25) is 10.0 Å². The van der Waals surface area contributed by atoms with Gasteiger partial charge in [0.15, 0.2) is 33.6 Å². The van der Waals surface area contributed by atoms with Crippen LogP contribution >= 0.6 is 27.7 Å². The molecule has 29 heavy (non-hydrogen) atoms. The largest absolute Gasteiger partial charge is 0.454 e. The highest BCUT2D eigenvalue weighted by Gasteiger charge is 2.20. The molecule has 0 unspecified atom stereocenters. The van der Waals surface area contributed by atoms with Gasteiger partial charge in [-0.2, -0.15) is 0 Å². The van der Waals surface area contributed by atoms with Crippen molar-refractivity contribution in [3.05, 3.63) is 22.9 Å². The van der Waals surface area contributed by atoms with Gasteiger partial charge in [0.2, 0.25) is 6.79 Å². The summed E-state index contributed by atoms with van der Waals surface area (Å²) < 4.78 is 18.8. The van der Waals surface area contributed by atoms with Crippen molar-refractivity contribution in [2.45, 2.75) is 16.6 Å². The number of carbonyl (C=O) groups is 1. The summed E-state index contributed by atoms with van der Waals surface area (Å²) in [7, 11) is 0. The van der Waals surface area contributed by atoms with Gasteiger partial charge in [0.1, 0.15) is 12.9 Å². The van der Waals surface area contributed by atoms with E-state index in [1.807, 2.05) is 16.7 Å². The van der Waals surface area contributed by atoms with Crippen molar-refractivity contribution in [3.8, 4) is 11.5 Å². The standard InChI is InChI=1S/C16H15BrN6O5S/c17-8-3-9-10(28-7-27-9)4-11(8)29-16-21-13-14(18)19-6-20-15(13)23(16)1-2-26-5-12(24)22-25/h3-4,6,25H,1-2,5,7H2,(H,22,24)(H2,18,19,20). The minimum absolute atomic E-state index is 0.180. The number of amides is 1. The first kappa shape index (κ1) is 19.7. The van der Waals surface area contributed by atoms with Crippen LogP contribution in [0.4, 0.5) is 5.82 Å². The number of anilines is 1. The molecule has 0 bridgehead atoms. The van der Waals surface area contributed by atoms with Crippen LogP contribution in [0.2, 0.25) is 0 Å². The van der Waals surface area contributed by atoms with Crippen LogP contribution in [0.1, 0.15) is 0 Å². The zero-order valence-electron chi connectivity index (χ0n) is 14.8. The van der Waals surface area contributed by atoms with Crippen molar-refractivity contribution in [3.63, 3.8) is 0 Å². The smallest absolute Gasteiger partial charge is 0.269 e. The summed E-state index contributed by atoms with van der Waals surface area (Å²) >= 11 is 4.92. The fraction of sp³-hybridized carbons (Fsp3) is 0.250. The SMILES string of the molecule is Nc1ncnc2c1nc(Sc1cc3c(cc1Br)OCO3)n2CCOCC(=O)NO. The monoisotopic (exact) mass is 482 g/mol. The number of nitrogens with one attached hydrogen (secondary N) is 1. The lowest BCUT2D eigenvalue weighted by atomic mass is 10.3. The number of imidazole rings is 1. The van der Waals surface area contributed by atoms with Crippen LogP contribution in [0.5, 0.6) is 11.5 Å². The second-order valence-electron chi connectivity index (χ2n) is 5.80. The molecule has 0 saturated heterocycles. The minimum Gasteiger partial charge on any atom is -0.454 e. The van der Waals surface area contributed by atoms with Crippen molar-refractivity contribution >= 4 is 50.6 Å². The fourth-order valence-electron chi connectivity index (χ4n) is 2.64. The summed E-state index contributed by atoms with van der Waals surface area (Å²) in [5.74, 6) is 0.947. The molecule has 3 aromatic rings. The minimum atomic E-state index is -0.633.